The van der Waals surface area contributed by atoms with Crippen LogP contribution in [0.25, 0.3) is 0 Å². The summed E-state index contributed by atoms with van der Waals surface area (Å²) in [5.41, 5.74) is 0. The Morgan fingerprint density at radius 1 is 1.38 bits per heavy atom. The Morgan fingerprint density at radius 3 is 2.85 bits per heavy atom. The minimum atomic E-state index is -0.196. The van der Waals surface area contributed by atoms with Crippen molar-refractivity contribution >= 4 is 0 Å². The Labute approximate surface area is 80.7 Å². The summed E-state index contributed by atoms with van der Waals surface area (Å²) in [6.07, 6.45) is 1.72. The molecule has 13 heavy (non-hydrogen) atoms. The molecule has 1 aliphatic heterocycles. The standard InChI is InChI=1S/C10H21NO2/c1-3-10(12)9(2)11-5-4-7-13-8-6-11/h9-10,12H,3-8H2,1-2H3. The van der Waals surface area contributed by atoms with Crippen LogP contribution in [0.1, 0.15) is 26.7 Å². The van der Waals surface area contributed by atoms with Crippen molar-refractivity contribution in [2.75, 3.05) is 26.3 Å². The zero-order valence-corrected chi connectivity index (χ0v) is 8.70. The van der Waals surface area contributed by atoms with Gasteiger partial charge in [0.05, 0.1) is 12.7 Å². The van der Waals surface area contributed by atoms with Crippen molar-refractivity contribution in [3.63, 3.8) is 0 Å². The van der Waals surface area contributed by atoms with Crippen molar-refractivity contribution in [2.45, 2.75) is 38.8 Å². The number of hydrogen-bond donors (Lipinski definition) is 1. The molecule has 0 aromatic heterocycles. The molecule has 2 atom stereocenters. The van der Waals surface area contributed by atoms with E-state index in [2.05, 4.69) is 11.8 Å². The van der Waals surface area contributed by atoms with Crippen LogP contribution in [-0.4, -0.2) is 48.5 Å². The average Bonchev–Trinajstić information content (AvgIpc) is 2.43. The molecule has 0 saturated carbocycles. The maximum atomic E-state index is 9.69. The summed E-state index contributed by atoms with van der Waals surface area (Å²) in [7, 11) is 0. The van der Waals surface area contributed by atoms with Gasteiger partial charge in [-0.05, 0) is 19.8 Å². The second kappa shape index (κ2) is 5.58. The van der Waals surface area contributed by atoms with Gasteiger partial charge in [-0.3, -0.25) is 4.90 Å². The minimum absolute atomic E-state index is 0.196. The highest BCUT2D eigenvalue weighted by Crippen LogP contribution is 2.10. The van der Waals surface area contributed by atoms with Gasteiger partial charge >= 0.3 is 0 Å². The smallest absolute Gasteiger partial charge is 0.0690 e. The van der Waals surface area contributed by atoms with Gasteiger partial charge in [0.15, 0.2) is 0 Å². The molecule has 1 aliphatic rings. The predicted molar refractivity (Wildman–Crippen MR) is 52.8 cm³/mol. The topological polar surface area (TPSA) is 32.7 Å². The zero-order chi connectivity index (χ0) is 9.68. The molecule has 3 heteroatoms. The van der Waals surface area contributed by atoms with Crippen molar-refractivity contribution in [3.8, 4) is 0 Å². The second-order valence-electron chi connectivity index (χ2n) is 3.72. The van der Waals surface area contributed by atoms with Crippen molar-refractivity contribution in [1.29, 1.82) is 0 Å². The molecule has 1 heterocycles. The van der Waals surface area contributed by atoms with Crippen molar-refractivity contribution in [2.24, 2.45) is 0 Å². The van der Waals surface area contributed by atoms with Gasteiger partial charge in [0, 0.05) is 25.7 Å². The second-order valence-corrected chi connectivity index (χ2v) is 3.72. The first kappa shape index (κ1) is 11.0. The molecule has 0 radical (unpaired) electrons. The zero-order valence-electron chi connectivity index (χ0n) is 8.70. The van der Waals surface area contributed by atoms with E-state index in [0.29, 0.717) is 0 Å². The van der Waals surface area contributed by atoms with Crippen LogP contribution in [0.2, 0.25) is 0 Å². The lowest BCUT2D eigenvalue weighted by molar-refractivity contribution is 0.0529. The van der Waals surface area contributed by atoms with Crippen LogP contribution in [-0.2, 0) is 4.74 Å². The molecule has 0 aromatic carbocycles. The van der Waals surface area contributed by atoms with Crippen LogP contribution in [0.4, 0.5) is 0 Å². The quantitative estimate of drug-likeness (QED) is 0.711. The molecule has 0 bridgehead atoms. The Morgan fingerprint density at radius 2 is 2.15 bits per heavy atom. The lowest BCUT2D eigenvalue weighted by Gasteiger charge is -2.30. The van der Waals surface area contributed by atoms with Crippen LogP contribution in [0.15, 0.2) is 0 Å². The highest BCUT2D eigenvalue weighted by Gasteiger charge is 2.20. The van der Waals surface area contributed by atoms with Crippen molar-refractivity contribution in [1.82, 2.24) is 4.90 Å². The number of hydrogen-bond acceptors (Lipinski definition) is 3. The fourth-order valence-electron chi connectivity index (χ4n) is 1.76. The van der Waals surface area contributed by atoms with E-state index in [9.17, 15) is 5.11 Å². The Kier molecular flexibility index (Phi) is 4.70. The van der Waals surface area contributed by atoms with Gasteiger partial charge in [0.2, 0.25) is 0 Å². The van der Waals surface area contributed by atoms with Crippen LogP contribution >= 0.6 is 0 Å². The third kappa shape index (κ3) is 3.25. The highest BCUT2D eigenvalue weighted by molar-refractivity contribution is 4.75. The third-order valence-electron chi connectivity index (χ3n) is 2.81. The maximum Gasteiger partial charge on any atom is 0.0690 e. The van der Waals surface area contributed by atoms with Crippen LogP contribution in [0.5, 0.6) is 0 Å². The molecular weight excluding hydrogens is 166 g/mol. The van der Waals surface area contributed by atoms with Gasteiger partial charge in [-0.15, -0.1) is 0 Å². The number of rotatable bonds is 3. The van der Waals surface area contributed by atoms with E-state index in [0.717, 1.165) is 39.1 Å². The molecule has 78 valence electrons. The van der Waals surface area contributed by atoms with Gasteiger partial charge in [-0.1, -0.05) is 6.92 Å². The maximum absolute atomic E-state index is 9.69. The van der Waals surface area contributed by atoms with Crippen molar-refractivity contribution in [3.05, 3.63) is 0 Å². The molecule has 1 fully saturated rings. The molecule has 1 saturated heterocycles. The van der Waals surface area contributed by atoms with Crippen LogP contribution < -0.4 is 0 Å². The van der Waals surface area contributed by atoms with Gasteiger partial charge in [-0.25, -0.2) is 0 Å². The normalized spacial score (nSPS) is 25.2. The van der Waals surface area contributed by atoms with Gasteiger partial charge in [0.25, 0.3) is 0 Å². The van der Waals surface area contributed by atoms with Gasteiger partial charge in [-0.2, -0.15) is 0 Å². The highest BCUT2D eigenvalue weighted by atomic mass is 16.5. The van der Waals surface area contributed by atoms with Crippen LogP contribution in [0, 0.1) is 0 Å². The molecular formula is C10H21NO2. The summed E-state index contributed by atoms with van der Waals surface area (Å²) in [6, 6.07) is 0.270. The first-order chi connectivity index (χ1) is 6.25. The molecule has 1 rings (SSSR count). The monoisotopic (exact) mass is 187 g/mol. The van der Waals surface area contributed by atoms with E-state index in [1.807, 2.05) is 6.92 Å². The van der Waals surface area contributed by atoms with Crippen molar-refractivity contribution < 1.29 is 9.84 Å². The number of aliphatic hydroxyl groups is 1. The van der Waals surface area contributed by atoms with E-state index in [-0.39, 0.29) is 12.1 Å². The predicted octanol–water partition coefficient (Wildman–Crippen LogP) is 0.868. The number of aliphatic hydroxyl groups excluding tert-OH is 1. The lowest BCUT2D eigenvalue weighted by Crippen LogP contribution is -2.42. The fourth-order valence-corrected chi connectivity index (χ4v) is 1.76. The number of nitrogens with zero attached hydrogens (tertiary/aromatic N) is 1. The molecule has 2 unspecified atom stereocenters. The summed E-state index contributed by atoms with van der Waals surface area (Å²) in [5, 5.41) is 9.69. The third-order valence-corrected chi connectivity index (χ3v) is 2.81. The van der Waals surface area contributed by atoms with E-state index in [1.54, 1.807) is 0 Å². The Balaban J connectivity index is 2.38. The summed E-state index contributed by atoms with van der Waals surface area (Å²) in [6.45, 7) is 7.80. The van der Waals surface area contributed by atoms with E-state index >= 15 is 0 Å². The summed E-state index contributed by atoms with van der Waals surface area (Å²) in [5.74, 6) is 0. The Hall–Kier alpha value is -0.120. The molecule has 3 nitrogen and oxygen atoms in total. The van der Waals surface area contributed by atoms with Gasteiger partial charge in [0.1, 0.15) is 0 Å². The largest absolute Gasteiger partial charge is 0.392 e. The summed E-state index contributed by atoms with van der Waals surface area (Å²) >= 11 is 0. The molecule has 0 amide bonds. The minimum Gasteiger partial charge on any atom is -0.392 e. The molecule has 1 N–H and O–H groups in total. The first-order valence-corrected chi connectivity index (χ1v) is 5.25. The molecule has 0 spiro atoms. The lowest BCUT2D eigenvalue weighted by atomic mass is 10.1. The number of ether oxygens (including phenoxy) is 1. The van der Waals surface area contributed by atoms with E-state index < -0.39 is 0 Å². The van der Waals surface area contributed by atoms with Crippen LogP contribution in [0.3, 0.4) is 0 Å². The summed E-state index contributed by atoms with van der Waals surface area (Å²) in [4.78, 5) is 2.32. The van der Waals surface area contributed by atoms with Gasteiger partial charge < -0.3 is 9.84 Å². The molecule has 0 aliphatic carbocycles. The fraction of sp³-hybridized carbons (Fsp3) is 1.00. The van der Waals surface area contributed by atoms with E-state index in [1.165, 1.54) is 0 Å². The average molecular weight is 187 g/mol. The molecule has 0 aromatic rings. The van der Waals surface area contributed by atoms with E-state index in [4.69, 9.17) is 4.74 Å². The summed E-state index contributed by atoms with van der Waals surface area (Å²) < 4.78 is 5.36. The Bertz CT molecular complexity index is 133. The SMILES string of the molecule is CCC(O)C(C)N1CCCOCC1. The first-order valence-electron chi connectivity index (χ1n) is 5.25.